The second-order valence-electron chi connectivity index (χ2n) is 20.2. The Kier molecular flexibility index (Phi) is 7.13. The average molecular weight is 815 g/mol. The molecule has 8 aromatic carbocycles. The molecule has 0 spiro atoms. The first-order valence-electron chi connectivity index (χ1n) is 22.2. The number of aromatic nitrogens is 1. The highest BCUT2D eigenvalue weighted by Gasteiger charge is 2.39. The van der Waals surface area contributed by atoms with Crippen molar-refractivity contribution in [3.8, 4) is 39.1 Å². The first kappa shape index (κ1) is 36.3. The van der Waals surface area contributed by atoms with E-state index in [0.717, 1.165) is 18.7 Å². The molecule has 0 radical (unpaired) electrons. The fraction of sp³-hybridized carbons (Fsp3) is 0.172. The van der Waals surface area contributed by atoms with Crippen molar-refractivity contribution >= 4 is 82.9 Å². The summed E-state index contributed by atoms with van der Waals surface area (Å²) in [5.41, 5.74) is 23.8. The van der Waals surface area contributed by atoms with Gasteiger partial charge in [-0.2, -0.15) is 0 Å². The second-order valence-corrected chi connectivity index (χ2v) is 21.3. The number of thiophene rings is 1. The van der Waals surface area contributed by atoms with Gasteiger partial charge < -0.3 is 9.88 Å². The van der Waals surface area contributed by atoms with Crippen molar-refractivity contribution in [2.24, 2.45) is 0 Å². The van der Waals surface area contributed by atoms with E-state index >= 15 is 0 Å². The number of benzene rings is 8. The molecule has 13 rings (SSSR count). The third-order valence-electron chi connectivity index (χ3n) is 15.0. The fourth-order valence-electron chi connectivity index (χ4n) is 11.7. The number of hydrogen-bond donors (Lipinski definition) is 1. The summed E-state index contributed by atoms with van der Waals surface area (Å²) in [4.78, 5) is 0. The van der Waals surface area contributed by atoms with Crippen LogP contribution in [0.2, 0.25) is 0 Å². The Hall–Kier alpha value is -6.36. The van der Waals surface area contributed by atoms with Gasteiger partial charge in [-0.1, -0.05) is 151 Å². The summed E-state index contributed by atoms with van der Waals surface area (Å²) in [5.74, 6) is 0. The van der Waals surface area contributed by atoms with Gasteiger partial charge >= 0.3 is 0 Å². The summed E-state index contributed by atoms with van der Waals surface area (Å²) in [6, 6.07) is 56.0. The van der Waals surface area contributed by atoms with Gasteiger partial charge in [0, 0.05) is 69.9 Å². The molecule has 298 valence electrons. The Balaban J connectivity index is 1.11. The van der Waals surface area contributed by atoms with Crippen molar-refractivity contribution in [1.29, 1.82) is 0 Å². The maximum absolute atomic E-state index is 3.97. The van der Waals surface area contributed by atoms with Gasteiger partial charge in [-0.05, 0) is 115 Å². The molecular weight excluding hydrogens is 768 g/mol. The monoisotopic (exact) mass is 814 g/mol. The highest BCUT2D eigenvalue weighted by molar-refractivity contribution is 7.25. The van der Waals surface area contributed by atoms with E-state index in [4.69, 9.17) is 0 Å². The van der Waals surface area contributed by atoms with Gasteiger partial charge in [0.1, 0.15) is 0 Å². The first-order valence-corrected chi connectivity index (χ1v) is 23.0. The Morgan fingerprint density at radius 3 is 1.90 bits per heavy atom. The van der Waals surface area contributed by atoms with Crippen LogP contribution in [0.25, 0.3) is 81.0 Å². The standard InChI is InChI=1S/C58H47BN2S/c1-56(2,3)32-20-22-33(23-21-32)60-49-31-53-43(36-16-10-13-19-52(36)62-53)26-41(49)37-24-25-38-42-27-46-39(34-14-8-11-17-44(34)57(46,4)5)28-50(42)61-51-29-40-35-15-9-12-18-45(35)58(6,7)47(40)30-48(51)59-54(37)55(38)61/h8-31,59-60H,1-7H3. The van der Waals surface area contributed by atoms with Crippen molar-refractivity contribution in [3.05, 3.63) is 173 Å². The summed E-state index contributed by atoms with van der Waals surface area (Å²) >= 11 is 1.88. The predicted octanol–water partition coefficient (Wildman–Crippen LogP) is 14.2. The van der Waals surface area contributed by atoms with Gasteiger partial charge in [0.15, 0.2) is 7.28 Å². The van der Waals surface area contributed by atoms with E-state index in [2.05, 4.69) is 204 Å². The lowest BCUT2D eigenvalue weighted by molar-refractivity contribution is 0.590. The second kappa shape index (κ2) is 12.2. The van der Waals surface area contributed by atoms with Crippen LogP contribution in [0.15, 0.2) is 146 Å². The van der Waals surface area contributed by atoms with Crippen LogP contribution >= 0.6 is 11.3 Å². The zero-order chi connectivity index (χ0) is 42.0. The number of fused-ring (bicyclic) bond motifs is 14. The minimum Gasteiger partial charge on any atom is -0.355 e. The van der Waals surface area contributed by atoms with Gasteiger partial charge in [-0.15, -0.1) is 11.3 Å². The predicted molar refractivity (Wildman–Crippen MR) is 269 cm³/mol. The molecule has 0 amide bonds. The van der Waals surface area contributed by atoms with E-state index in [9.17, 15) is 0 Å². The highest BCUT2D eigenvalue weighted by Crippen LogP contribution is 2.53. The van der Waals surface area contributed by atoms with E-state index in [1.165, 1.54) is 120 Å². The molecule has 0 unspecified atom stereocenters. The van der Waals surface area contributed by atoms with Crippen LogP contribution in [0, 0.1) is 0 Å². The Labute approximate surface area is 368 Å². The van der Waals surface area contributed by atoms with Gasteiger partial charge in [0.2, 0.25) is 0 Å². The molecule has 0 atom stereocenters. The maximum Gasteiger partial charge on any atom is 0.198 e. The topological polar surface area (TPSA) is 17.0 Å². The minimum absolute atomic E-state index is 0.0872. The summed E-state index contributed by atoms with van der Waals surface area (Å²) in [6.45, 7) is 16.5. The third kappa shape index (κ3) is 4.82. The normalized spacial score (nSPS) is 15.1. The van der Waals surface area contributed by atoms with Gasteiger partial charge in [0.25, 0.3) is 0 Å². The molecule has 62 heavy (non-hydrogen) atoms. The zero-order valence-corrected chi connectivity index (χ0v) is 37.2. The van der Waals surface area contributed by atoms with Gasteiger partial charge in [0.05, 0.1) is 5.52 Å². The van der Waals surface area contributed by atoms with Crippen LogP contribution in [-0.4, -0.2) is 11.8 Å². The van der Waals surface area contributed by atoms with Crippen molar-refractivity contribution in [2.75, 3.05) is 5.32 Å². The maximum atomic E-state index is 3.97. The van der Waals surface area contributed by atoms with Crippen LogP contribution < -0.4 is 16.2 Å². The number of hydrogen-bond acceptors (Lipinski definition) is 2. The molecule has 4 heteroatoms. The molecule has 2 aromatic heterocycles. The number of rotatable bonds is 3. The van der Waals surface area contributed by atoms with E-state index < -0.39 is 0 Å². The summed E-state index contributed by atoms with van der Waals surface area (Å²) in [5, 5.41) is 9.26. The van der Waals surface area contributed by atoms with Crippen molar-refractivity contribution in [2.45, 2.75) is 64.7 Å². The van der Waals surface area contributed by atoms with Gasteiger partial charge in [-0.3, -0.25) is 0 Å². The van der Waals surface area contributed by atoms with Crippen LogP contribution in [0.1, 0.15) is 76.3 Å². The van der Waals surface area contributed by atoms with Crippen LogP contribution in [0.4, 0.5) is 11.4 Å². The molecule has 2 aliphatic carbocycles. The molecule has 0 fully saturated rings. The molecule has 2 nitrogen and oxygen atoms in total. The number of anilines is 2. The Morgan fingerprint density at radius 1 is 0.516 bits per heavy atom. The van der Waals surface area contributed by atoms with Gasteiger partial charge in [-0.25, -0.2) is 0 Å². The first-order chi connectivity index (χ1) is 29.9. The largest absolute Gasteiger partial charge is 0.355 e. The van der Waals surface area contributed by atoms with Crippen LogP contribution in [-0.2, 0) is 16.2 Å². The zero-order valence-electron chi connectivity index (χ0n) is 36.4. The number of nitrogens with one attached hydrogen (secondary N) is 1. The van der Waals surface area contributed by atoms with Crippen molar-refractivity contribution in [1.82, 2.24) is 4.57 Å². The minimum atomic E-state index is -0.0877. The van der Waals surface area contributed by atoms with E-state index in [0.29, 0.717) is 0 Å². The average Bonchev–Trinajstić information content (AvgIpc) is 3.93. The molecule has 0 saturated carbocycles. The van der Waals surface area contributed by atoms with E-state index in [1.54, 1.807) is 0 Å². The van der Waals surface area contributed by atoms with Crippen molar-refractivity contribution < 1.29 is 0 Å². The molecule has 0 bridgehead atoms. The van der Waals surface area contributed by atoms with E-state index in [-0.39, 0.29) is 16.2 Å². The lowest BCUT2D eigenvalue weighted by Gasteiger charge is -2.27. The SMILES string of the molecule is CC(C)(C)c1ccc(Nc2cc3sc4ccccc4c3cc2-c2ccc3c4cc5c(cc4n4c3c2Bc2cc3c(cc2-4)-c2ccccc2C3(C)C)-c2ccccc2C5(C)C)cc1. The number of nitrogens with zero attached hydrogens (tertiary/aromatic N) is 1. The van der Waals surface area contributed by atoms with Crippen LogP contribution in [0.3, 0.4) is 0 Å². The molecule has 3 heterocycles. The van der Waals surface area contributed by atoms with Crippen LogP contribution in [0.5, 0.6) is 0 Å². The Bertz CT molecular complexity index is 3610. The molecule has 1 aliphatic heterocycles. The highest BCUT2D eigenvalue weighted by atomic mass is 32.1. The molecule has 3 aliphatic rings. The Morgan fingerprint density at radius 2 is 1.18 bits per heavy atom. The molecular formula is C58H47BN2S. The summed E-state index contributed by atoms with van der Waals surface area (Å²) < 4.78 is 5.27. The lowest BCUT2D eigenvalue weighted by Crippen LogP contribution is -2.38. The smallest absolute Gasteiger partial charge is 0.198 e. The third-order valence-corrected chi connectivity index (χ3v) is 16.1. The summed E-state index contributed by atoms with van der Waals surface area (Å²) in [7, 11) is 0.855. The molecule has 0 saturated heterocycles. The fourth-order valence-corrected chi connectivity index (χ4v) is 12.8. The lowest BCUT2D eigenvalue weighted by atomic mass is 9.58. The summed E-state index contributed by atoms with van der Waals surface area (Å²) in [6.07, 6.45) is 0. The van der Waals surface area contributed by atoms with Crippen molar-refractivity contribution in [3.63, 3.8) is 0 Å². The molecule has 10 aromatic rings. The quantitative estimate of drug-likeness (QED) is 0.176. The molecule has 1 N–H and O–H groups in total. The van der Waals surface area contributed by atoms with E-state index in [1.807, 2.05) is 11.3 Å².